The molecule has 1 fully saturated rings. The fourth-order valence-electron chi connectivity index (χ4n) is 4.59. The zero-order valence-corrected chi connectivity index (χ0v) is 30.2. The van der Waals surface area contributed by atoms with Crippen LogP contribution in [0.15, 0.2) is 73.1 Å². The first kappa shape index (κ1) is 44.4. The summed E-state index contributed by atoms with van der Waals surface area (Å²) in [5.41, 5.74) is 0.382. The maximum absolute atomic E-state index is 12.3. The lowest BCUT2D eigenvalue weighted by molar-refractivity contribution is -0.137. The van der Waals surface area contributed by atoms with Crippen molar-refractivity contribution < 1.29 is 22.8 Å². The molecule has 0 atom stereocenters. The Bertz CT molecular complexity index is 1160. The minimum atomic E-state index is -4.46. The molecule has 0 bridgehead atoms. The SMILES string of the molecule is C/C=C\C=CC/C=C/Cn1cc(C)cn1.CC1CCC(C)CC1.CCCCCCCC.O=CNCC(=O)Nc1cccc(C(F)(F)F)c1. The molecule has 1 aliphatic rings. The lowest BCUT2D eigenvalue weighted by Gasteiger charge is -2.22. The summed E-state index contributed by atoms with van der Waals surface area (Å²) in [5, 5.41) is 8.53. The molecule has 6 nitrogen and oxygen atoms in total. The van der Waals surface area contributed by atoms with Gasteiger partial charge in [-0.25, -0.2) is 0 Å². The van der Waals surface area contributed by atoms with E-state index < -0.39 is 17.6 Å². The van der Waals surface area contributed by atoms with Gasteiger partial charge in [-0.05, 0) is 55.9 Å². The fourth-order valence-corrected chi connectivity index (χ4v) is 4.59. The van der Waals surface area contributed by atoms with E-state index in [0.29, 0.717) is 6.41 Å². The van der Waals surface area contributed by atoms with Crippen molar-refractivity contribution in [2.75, 3.05) is 11.9 Å². The van der Waals surface area contributed by atoms with E-state index in [4.69, 9.17) is 0 Å². The van der Waals surface area contributed by atoms with E-state index in [2.05, 4.69) is 67.7 Å². The molecule has 9 heteroatoms. The van der Waals surface area contributed by atoms with E-state index in [9.17, 15) is 22.8 Å². The molecule has 48 heavy (non-hydrogen) atoms. The highest BCUT2D eigenvalue weighted by Crippen LogP contribution is 2.30. The molecule has 0 radical (unpaired) electrons. The van der Waals surface area contributed by atoms with Gasteiger partial charge >= 0.3 is 6.18 Å². The Balaban J connectivity index is 0.000000648. The fraction of sp³-hybridized carbons (Fsp3) is 0.564. The Morgan fingerprint density at radius 1 is 0.958 bits per heavy atom. The van der Waals surface area contributed by atoms with Crippen LogP contribution in [0.4, 0.5) is 18.9 Å². The molecule has 1 aromatic carbocycles. The third-order valence-corrected chi connectivity index (χ3v) is 7.51. The second-order valence-corrected chi connectivity index (χ2v) is 12.3. The van der Waals surface area contributed by atoms with Gasteiger partial charge in [-0.2, -0.15) is 18.3 Å². The summed E-state index contributed by atoms with van der Waals surface area (Å²) in [5.74, 6) is 1.44. The first-order valence-electron chi connectivity index (χ1n) is 17.5. The molecule has 1 aromatic heterocycles. The molecule has 2 amide bonds. The predicted molar refractivity (Wildman–Crippen MR) is 195 cm³/mol. The molecule has 1 saturated carbocycles. The van der Waals surface area contributed by atoms with Crippen molar-refractivity contribution in [1.82, 2.24) is 15.1 Å². The van der Waals surface area contributed by atoms with Crippen LogP contribution >= 0.6 is 0 Å². The number of nitrogens with zero attached hydrogens (tertiary/aromatic N) is 2. The molecule has 0 saturated heterocycles. The van der Waals surface area contributed by atoms with Crippen molar-refractivity contribution in [3.63, 3.8) is 0 Å². The van der Waals surface area contributed by atoms with Gasteiger partial charge in [0, 0.05) is 11.9 Å². The van der Waals surface area contributed by atoms with Gasteiger partial charge in [0.05, 0.1) is 24.8 Å². The molecule has 1 heterocycles. The molecule has 0 unspecified atom stereocenters. The van der Waals surface area contributed by atoms with Gasteiger partial charge < -0.3 is 10.6 Å². The lowest BCUT2D eigenvalue weighted by atomic mass is 9.84. The Kier molecular flexibility index (Phi) is 26.3. The molecular weight excluding hydrogens is 613 g/mol. The van der Waals surface area contributed by atoms with Gasteiger partial charge in [0.2, 0.25) is 12.3 Å². The van der Waals surface area contributed by atoms with E-state index in [1.54, 1.807) is 0 Å². The predicted octanol–water partition coefficient (Wildman–Crippen LogP) is 10.9. The van der Waals surface area contributed by atoms with Gasteiger partial charge in [0.25, 0.3) is 0 Å². The van der Waals surface area contributed by atoms with Crippen LogP contribution in [0.3, 0.4) is 0 Å². The summed E-state index contributed by atoms with van der Waals surface area (Å²) in [7, 11) is 0. The number of unbranched alkanes of at least 4 members (excludes halogenated alkanes) is 5. The molecular formula is C39H61F3N4O2. The van der Waals surface area contributed by atoms with Gasteiger partial charge in [0.15, 0.2) is 0 Å². The largest absolute Gasteiger partial charge is 0.416 e. The van der Waals surface area contributed by atoms with E-state index in [-0.39, 0.29) is 12.2 Å². The number of benzene rings is 1. The Morgan fingerprint density at radius 2 is 1.58 bits per heavy atom. The highest BCUT2D eigenvalue weighted by atomic mass is 19.4. The maximum Gasteiger partial charge on any atom is 0.416 e. The number of amides is 2. The zero-order chi connectivity index (χ0) is 36.0. The van der Waals surface area contributed by atoms with Crippen LogP contribution in [0.2, 0.25) is 0 Å². The topological polar surface area (TPSA) is 76.0 Å². The lowest BCUT2D eigenvalue weighted by Crippen LogP contribution is -2.27. The molecule has 0 aliphatic heterocycles. The summed E-state index contributed by atoms with van der Waals surface area (Å²) in [6.45, 7) is 13.9. The number of anilines is 1. The van der Waals surface area contributed by atoms with Crippen LogP contribution in [0.25, 0.3) is 0 Å². The Hall–Kier alpha value is -3.62. The number of alkyl halides is 3. The van der Waals surface area contributed by atoms with Gasteiger partial charge in [0.1, 0.15) is 0 Å². The van der Waals surface area contributed by atoms with Crippen molar-refractivity contribution in [3.8, 4) is 0 Å². The van der Waals surface area contributed by atoms with Crippen LogP contribution in [-0.2, 0) is 22.3 Å². The van der Waals surface area contributed by atoms with E-state index in [0.717, 1.165) is 36.9 Å². The van der Waals surface area contributed by atoms with Crippen LogP contribution in [0, 0.1) is 18.8 Å². The Labute approximate surface area is 288 Å². The number of nitrogens with one attached hydrogen (secondary N) is 2. The average molecular weight is 675 g/mol. The van der Waals surface area contributed by atoms with E-state index in [1.165, 1.54) is 81.9 Å². The van der Waals surface area contributed by atoms with Crippen LogP contribution < -0.4 is 10.6 Å². The smallest absolute Gasteiger partial charge is 0.350 e. The number of halogens is 3. The van der Waals surface area contributed by atoms with Crippen molar-refractivity contribution in [2.24, 2.45) is 11.8 Å². The molecule has 0 spiro atoms. The number of aryl methyl sites for hydroxylation is 1. The van der Waals surface area contributed by atoms with Crippen molar-refractivity contribution >= 4 is 18.0 Å². The summed E-state index contributed by atoms with van der Waals surface area (Å²) >= 11 is 0. The second-order valence-electron chi connectivity index (χ2n) is 12.3. The van der Waals surface area contributed by atoms with Gasteiger partial charge in [-0.3, -0.25) is 14.3 Å². The normalized spacial score (nSPS) is 15.9. The number of hydrogen-bond donors (Lipinski definition) is 2. The molecule has 1 aliphatic carbocycles. The van der Waals surface area contributed by atoms with E-state index in [1.807, 2.05) is 43.1 Å². The van der Waals surface area contributed by atoms with Crippen molar-refractivity contribution in [1.29, 1.82) is 0 Å². The monoisotopic (exact) mass is 674 g/mol. The minimum absolute atomic E-state index is 0.0255. The average Bonchev–Trinajstić information content (AvgIpc) is 3.48. The quantitative estimate of drug-likeness (QED) is 0.0906. The van der Waals surface area contributed by atoms with Gasteiger partial charge in [-0.1, -0.05) is 134 Å². The number of carbonyl (C=O) groups is 2. The zero-order valence-electron chi connectivity index (χ0n) is 30.2. The molecule has 270 valence electrons. The number of carbonyl (C=O) groups excluding carboxylic acids is 2. The minimum Gasteiger partial charge on any atom is -0.350 e. The standard InChI is InChI=1S/C13H18N2.C10H9F3N2O2.C8H16.C8H18/c1-3-4-5-6-7-8-9-10-15-12-13(2)11-14-15;11-10(12,13)7-2-1-3-8(4-7)15-9(17)5-14-6-16;1-7-3-5-8(2)6-4-7;1-3-5-7-8-6-4-2/h3-6,8-9,11-12H,7,10H2,1-2H3;1-4,6H,5H2,(H,14,16)(H,15,17);7-8H,3-6H2,1-2H3;3-8H2,1-2H3/b4-3-,6-5?,9-8+;;;. The third-order valence-electron chi connectivity index (χ3n) is 7.51. The van der Waals surface area contributed by atoms with Crippen molar-refractivity contribution in [2.45, 2.75) is 125 Å². The van der Waals surface area contributed by atoms with Crippen LogP contribution in [0.1, 0.15) is 116 Å². The molecule has 2 aromatic rings. The van der Waals surface area contributed by atoms with Gasteiger partial charge in [-0.15, -0.1) is 0 Å². The summed E-state index contributed by atoms with van der Waals surface area (Å²) in [4.78, 5) is 21.0. The molecule has 3 rings (SSSR count). The Morgan fingerprint density at radius 3 is 2.08 bits per heavy atom. The first-order valence-corrected chi connectivity index (χ1v) is 17.5. The van der Waals surface area contributed by atoms with E-state index >= 15 is 0 Å². The highest BCUT2D eigenvalue weighted by molar-refractivity contribution is 5.93. The molecule has 2 N–H and O–H groups in total. The van der Waals surface area contributed by atoms with Crippen LogP contribution in [-0.4, -0.2) is 28.6 Å². The number of hydrogen-bond acceptors (Lipinski definition) is 3. The highest BCUT2D eigenvalue weighted by Gasteiger charge is 2.30. The number of aromatic nitrogens is 2. The first-order chi connectivity index (χ1) is 23.0. The number of rotatable bonds is 14. The maximum atomic E-state index is 12.3. The summed E-state index contributed by atoms with van der Waals surface area (Å²) in [6, 6.07) is 4.23. The van der Waals surface area contributed by atoms with Crippen molar-refractivity contribution in [3.05, 3.63) is 84.2 Å². The second kappa shape index (κ2) is 28.4. The van der Waals surface area contributed by atoms with Crippen LogP contribution in [0.5, 0.6) is 0 Å². The summed E-state index contributed by atoms with van der Waals surface area (Å²) < 4.78 is 38.9. The third kappa shape index (κ3) is 25.5. The number of allylic oxidation sites excluding steroid dienone is 6. The summed E-state index contributed by atoms with van der Waals surface area (Å²) in [6.07, 6.45) is 27.7.